The van der Waals surface area contributed by atoms with E-state index in [2.05, 4.69) is 18.2 Å². The van der Waals surface area contributed by atoms with E-state index in [0.29, 0.717) is 18.9 Å². The summed E-state index contributed by atoms with van der Waals surface area (Å²) < 4.78 is 6.10. The van der Waals surface area contributed by atoms with Crippen molar-refractivity contribution in [2.45, 2.75) is 32.0 Å². The molecule has 0 saturated carbocycles. The van der Waals surface area contributed by atoms with Crippen LogP contribution in [0.15, 0.2) is 84.9 Å². The first-order valence-corrected chi connectivity index (χ1v) is 12.6. The first kappa shape index (κ1) is 23.3. The minimum Gasteiger partial charge on any atom is -0.489 e. The van der Waals surface area contributed by atoms with Crippen molar-refractivity contribution in [2.24, 2.45) is 0 Å². The molecule has 37 heavy (non-hydrogen) atoms. The molecule has 1 amide bonds. The van der Waals surface area contributed by atoms with Crippen molar-refractivity contribution in [3.63, 3.8) is 0 Å². The number of nitrogens with zero attached hydrogens (tertiary/aromatic N) is 1. The van der Waals surface area contributed by atoms with Crippen molar-refractivity contribution in [1.82, 2.24) is 4.90 Å². The Bertz CT molecular complexity index is 1550. The van der Waals surface area contributed by atoms with Gasteiger partial charge in [0, 0.05) is 12.1 Å². The van der Waals surface area contributed by atoms with Gasteiger partial charge in [0.1, 0.15) is 12.4 Å². The molecule has 6 heteroatoms. The van der Waals surface area contributed by atoms with Crippen molar-refractivity contribution in [1.29, 1.82) is 0 Å². The molecule has 0 saturated heterocycles. The number of aryl methyl sites for hydroxylation is 1. The number of benzene rings is 4. The maximum Gasteiger partial charge on any atom is 0.337 e. The highest BCUT2D eigenvalue weighted by atomic mass is 35.5. The second-order valence-electron chi connectivity index (χ2n) is 9.49. The van der Waals surface area contributed by atoms with Gasteiger partial charge in [-0.2, -0.15) is 0 Å². The molecule has 184 valence electrons. The highest BCUT2D eigenvalue weighted by molar-refractivity contribution is 6.33. The molecule has 1 N–H and O–H groups in total. The van der Waals surface area contributed by atoms with E-state index in [-0.39, 0.29) is 22.5 Å². The van der Waals surface area contributed by atoms with E-state index in [1.54, 1.807) is 18.2 Å². The zero-order chi connectivity index (χ0) is 25.5. The number of amides is 1. The van der Waals surface area contributed by atoms with E-state index in [0.717, 1.165) is 40.7 Å². The molecule has 5 nitrogen and oxygen atoms in total. The van der Waals surface area contributed by atoms with Crippen molar-refractivity contribution in [3.05, 3.63) is 123 Å². The van der Waals surface area contributed by atoms with Gasteiger partial charge in [0.15, 0.2) is 0 Å². The SMILES string of the molecule is O=C(O)c1cc(-c2cccc(COc3ccc4c(c3)CN([C@@H]3CCc5ccccc53)C4=O)c2)ccc1Cl. The lowest BCUT2D eigenvalue weighted by Gasteiger charge is -2.24. The minimum atomic E-state index is -1.06. The molecule has 0 unspecified atom stereocenters. The predicted octanol–water partition coefficient (Wildman–Crippen LogP) is 6.93. The fourth-order valence-electron chi connectivity index (χ4n) is 5.40. The third-order valence-corrected chi connectivity index (χ3v) is 7.58. The normalized spacial score (nSPS) is 16.0. The average Bonchev–Trinajstić information content (AvgIpc) is 3.48. The largest absolute Gasteiger partial charge is 0.489 e. The number of aromatic carboxylic acids is 1. The standard InChI is InChI=1S/C31H24ClNO4/c32-28-12-8-22(16-27(28)31(35)36)21-6-3-4-19(14-21)18-37-24-10-11-26-23(15-24)17-33(30(26)34)29-13-9-20-5-1-2-7-25(20)29/h1-8,10-12,14-16,29H,9,13,17-18H2,(H,35,36)/t29-/m1/s1. The first-order chi connectivity index (χ1) is 18.0. The molecule has 0 fully saturated rings. The molecular formula is C31H24ClNO4. The number of hydrogen-bond donors (Lipinski definition) is 1. The maximum absolute atomic E-state index is 13.2. The number of hydrogen-bond acceptors (Lipinski definition) is 3. The lowest BCUT2D eigenvalue weighted by molar-refractivity contribution is 0.0690. The summed E-state index contributed by atoms with van der Waals surface area (Å²) in [4.78, 5) is 26.6. The Labute approximate surface area is 219 Å². The molecule has 1 heterocycles. The Morgan fingerprint density at radius 1 is 0.946 bits per heavy atom. The summed E-state index contributed by atoms with van der Waals surface area (Å²) >= 11 is 6.02. The van der Waals surface area contributed by atoms with E-state index in [1.807, 2.05) is 53.4 Å². The van der Waals surface area contributed by atoms with Gasteiger partial charge in [-0.15, -0.1) is 0 Å². The lowest BCUT2D eigenvalue weighted by atomic mass is 10.0. The van der Waals surface area contributed by atoms with Gasteiger partial charge >= 0.3 is 5.97 Å². The lowest BCUT2D eigenvalue weighted by Crippen LogP contribution is -2.27. The van der Waals surface area contributed by atoms with Gasteiger partial charge in [-0.3, -0.25) is 4.79 Å². The van der Waals surface area contributed by atoms with Crippen LogP contribution in [0.1, 0.15) is 55.4 Å². The summed E-state index contributed by atoms with van der Waals surface area (Å²) in [5.41, 5.74) is 7.00. The molecular weight excluding hydrogens is 486 g/mol. The Morgan fingerprint density at radius 2 is 1.78 bits per heavy atom. The number of halogens is 1. The van der Waals surface area contributed by atoms with Gasteiger partial charge in [0.25, 0.3) is 5.91 Å². The van der Waals surface area contributed by atoms with E-state index in [4.69, 9.17) is 16.3 Å². The molecule has 0 radical (unpaired) electrons. The zero-order valence-electron chi connectivity index (χ0n) is 20.0. The number of carbonyl (C=O) groups excluding carboxylic acids is 1. The summed E-state index contributed by atoms with van der Waals surface area (Å²) in [6.45, 7) is 0.933. The Balaban J connectivity index is 1.17. The summed E-state index contributed by atoms with van der Waals surface area (Å²) in [6, 6.07) is 27.0. The van der Waals surface area contributed by atoms with Gasteiger partial charge in [-0.05, 0) is 82.6 Å². The molecule has 0 bridgehead atoms. The fraction of sp³-hybridized carbons (Fsp3) is 0.161. The number of carbonyl (C=O) groups is 2. The average molecular weight is 510 g/mol. The van der Waals surface area contributed by atoms with E-state index >= 15 is 0 Å². The van der Waals surface area contributed by atoms with Crippen LogP contribution in [0.4, 0.5) is 0 Å². The Morgan fingerprint density at radius 3 is 2.65 bits per heavy atom. The summed E-state index contributed by atoms with van der Waals surface area (Å²) in [5.74, 6) is -0.262. The molecule has 6 rings (SSSR count). The summed E-state index contributed by atoms with van der Waals surface area (Å²) in [7, 11) is 0. The van der Waals surface area contributed by atoms with E-state index in [1.165, 1.54) is 11.1 Å². The van der Waals surface area contributed by atoms with Crippen molar-refractivity contribution in [3.8, 4) is 16.9 Å². The van der Waals surface area contributed by atoms with Crippen LogP contribution in [0.3, 0.4) is 0 Å². The minimum absolute atomic E-state index is 0.0728. The van der Waals surface area contributed by atoms with Crippen LogP contribution in [-0.4, -0.2) is 21.9 Å². The molecule has 2 aliphatic rings. The van der Waals surface area contributed by atoms with Crippen molar-refractivity contribution in [2.75, 3.05) is 0 Å². The second-order valence-corrected chi connectivity index (χ2v) is 9.90. The molecule has 4 aromatic rings. The second kappa shape index (κ2) is 9.41. The number of carboxylic acids is 1. The number of fused-ring (bicyclic) bond motifs is 2. The monoisotopic (exact) mass is 509 g/mol. The quantitative estimate of drug-likeness (QED) is 0.306. The van der Waals surface area contributed by atoms with Crippen LogP contribution in [0, 0.1) is 0 Å². The van der Waals surface area contributed by atoms with Gasteiger partial charge in [0.2, 0.25) is 0 Å². The van der Waals surface area contributed by atoms with Gasteiger partial charge in [-0.1, -0.05) is 60.1 Å². The smallest absolute Gasteiger partial charge is 0.337 e. The van der Waals surface area contributed by atoms with Crippen LogP contribution in [-0.2, 0) is 19.6 Å². The number of ether oxygens (including phenoxy) is 1. The molecule has 1 atom stereocenters. The van der Waals surface area contributed by atoms with E-state index < -0.39 is 5.97 Å². The molecule has 0 aromatic heterocycles. The highest BCUT2D eigenvalue weighted by Gasteiger charge is 2.36. The van der Waals surface area contributed by atoms with Crippen LogP contribution in [0.2, 0.25) is 5.02 Å². The predicted molar refractivity (Wildman–Crippen MR) is 142 cm³/mol. The maximum atomic E-state index is 13.2. The van der Waals surface area contributed by atoms with Gasteiger partial charge < -0.3 is 14.7 Å². The third-order valence-electron chi connectivity index (χ3n) is 7.25. The van der Waals surface area contributed by atoms with Crippen LogP contribution in [0.25, 0.3) is 11.1 Å². The van der Waals surface area contributed by atoms with Crippen molar-refractivity contribution >= 4 is 23.5 Å². The van der Waals surface area contributed by atoms with Crippen LogP contribution >= 0.6 is 11.6 Å². The molecule has 4 aromatic carbocycles. The Kier molecular flexibility index (Phi) is 5.93. The van der Waals surface area contributed by atoms with E-state index in [9.17, 15) is 14.7 Å². The van der Waals surface area contributed by atoms with Gasteiger partial charge in [-0.25, -0.2) is 4.79 Å². The molecule has 1 aliphatic carbocycles. The van der Waals surface area contributed by atoms with Crippen LogP contribution in [0.5, 0.6) is 5.75 Å². The fourth-order valence-corrected chi connectivity index (χ4v) is 5.59. The number of carboxylic acid groups (broad SMARTS) is 1. The third kappa shape index (κ3) is 4.36. The van der Waals surface area contributed by atoms with Gasteiger partial charge in [0.05, 0.1) is 16.6 Å². The highest BCUT2D eigenvalue weighted by Crippen LogP contribution is 2.40. The zero-order valence-corrected chi connectivity index (χ0v) is 20.7. The molecule has 0 spiro atoms. The summed E-state index contributed by atoms with van der Waals surface area (Å²) in [5, 5.41) is 9.59. The number of rotatable bonds is 6. The first-order valence-electron chi connectivity index (χ1n) is 12.2. The Hall–Kier alpha value is -4.09. The topological polar surface area (TPSA) is 66.8 Å². The molecule has 1 aliphatic heterocycles. The summed E-state index contributed by atoms with van der Waals surface area (Å²) in [6.07, 6.45) is 1.96. The van der Waals surface area contributed by atoms with Crippen molar-refractivity contribution < 1.29 is 19.4 Å². The van der Waals surface area contributed by atoms with Crippen LogP contribution < -0.4 is 4.74 Å².